The molecule has 12 heteroatoms. The molecule has 1 heterocycles. The van der Waals surface area contributed by atoms with Gasteiger partial charge >= 0.3 is 12.0 Å². The van der Waals surface area contributed by atoms with Crippen LogP contribution in [0.4, 0.5) is 8.78 Å². The molecule has 0 bridgehead atoms. The second-order valence-corrected chi connectivity index (χ2v) is 8.58. The number of nitrogens with zero attached hydrogens (tertiary/aromatic N) is 2. The topological polar surface area (TPSA) is 129 Å². The minimum absolute atomic E-state index is 0.00687. The zero-order chi connectivity index (χ0) is 29.6. The molecule has 1 amide bonds. The monoisotopic (exact) mass is 565 g/mol. The summed E-state index contributed by atoms with van der Waals surface area (Å²) in [5.41, 5.74) is -1.73. The van der Waals surface area contributed by atoms with Crippen LogP contribution < -0.4 is 24.3 Å². The molecular weight excluding hydrogens is 540 g/mol. The van der Waals surface area contributed by atoms with Crippen LogP contribution in [0.1, 0.15) is 21.5 Å². The first-order valence-corrected chi connectivity index (χ1v) is 12.0. The molecule has 1 atom stereocenters. The lowest BCUT2D eigenvalue weighted by molar-refractivity contribution is -0.148. The number of methoxy groups -OCH3 is 3. The Morgan fingerprint density at radius 2 is 1.27 bits per heavy atom. The van der Waals surface area contributed by atoms with E-state index >= 15 is 0 Å². The molecule has 1 unspecified atom stereocenters. The van der Waals surface area contributed by atoms with Gasteiger partial charge in [-0.1, -0.05) is 24.3 Å². The van der Waals surface area contributed by atoms with Gasteiger partial charge in [-0.2, -0.15) is 9.97 Å². The van der Waals surface area contributed by atoms with Crippen molar-refractivity contribution in [1.29, 1.82) is 0 Å². The lowest BCUT2D eigenvalue weighted by Gasteiger charge is -2.39. The summed E-state index contributed by atoms with van der Waals surface area (Å²) in [5, 5.41) is 13.3. The largest absolute Gasteiger partial charge is 0.497 e. The molecule has 41 heavy (non-hydrogen) atoms. The number of rotatable bonds is 11. The first-order chi connectivity index (χ1) is 19.7. The number of halogens is 2. The molecule has 4 rings (SSSR count). The van der Waals surface area contributed by atoms with E-state index < -0.39 is 41.2 Å². The molecule has 0 aliphatic heterocycles. The number of carbonyl (C=O) groups excluding carboxylic acids is 1. The lowest BCUT2D eigenvalue weighted by atomic mass is 9.77. The van der Waals surface area contributed by atoms with Gasteiger partial charge < -0.3 is 29.4 Å². The van der Waals surface area contributed by atoms with Crippen molar-refractivity contribution in [1.82, 2.24) is 15.3 Å². The highest BCUT2D eigenvalue weighted by Crippen LogP contribution is 2.37. The Hall–Kier alpha value is -5.26. The van der Waals surface area contributed by atoms with E-state index in [4.69, 9.17) is 18.9 Å². The Morgan fingerprint density at radius 1 is 0.780 bits per heavy atom. The van der Waals surface area contributed by atoms with Gasteiger partial charge in [-0.05, 0) is 59.7 Å². The van der Waals surface area contributed by atoms with Gasteiger partial charge in [0.05, 0.1) is 27.4 Å². The van der Waals surface area contributed by atoms with Crippen molar-refractivity contribution in [2.75, 3.05) is 21.3 Å². The van der Waals surface area contributed by atoms with E-state index in [0.717, 1.165) is 24.3 Å². The van der Waals surface area contributed by atoms with Gasteiger partial charge in [0.15, 0.2) is 0 Å². The third-order valence-electron chi connectivity index (χ3n) is 6.18. The number of carboxylic acids is 1. The second-order valence-electron chi connectivity index (χ2n) is 8.58. The van der Waals surface area contributed by atoms with Gasteiger partial charge in [0, 0.05) is 5.56 Å². The summed E-state index contributed by atoms with van der Waals surface area (Å²) in [7, 11) is 4.13. The van der Waals surface area contributed by atoms with Crippen LogP contribution in [0, 0.1) is 11.6 Å². The van der Waals surface area contributed by atoms with Gasteiger partial charge in [0.2, 0.25) is 17.9 Å². The van der Waals surface area contributed by atoms with Crippen molar-refractivity contribution in [2.24, 2.45) is 0 Å². The predicted molar refractivity (Wildman–Crippen MR) is 141 cm³/mol. The van der Waals surface area contributed by atoms with Crippen molar-refractivity contribution in [3.05, 3.63) is 107 Å². The molecule has 0 saturated heterocycles. The van der Waals surface area contributed by atoms with E-state index in [2.05, 4.69) is 15.3 Å². The van der Waals surface area contributed by atoms with Gasteiger partial charge in [0.25, 0.3) is 5.91 Å². The van der Waals surface area contributed by atoms with Crippen LogP contribution in [-0.2, 0) is 10.3 Å². The van der Waals surface area contributed by atoms with Crippen molar-refractivity contribution in [3.8, 4) is 23.5 Å². The first-order valence-electron chi connectivity index (χ1n) is 12.0. The summed E-state index contributed by atoms with van der Waals surface area (Å²) in [6.07, 6.45) is -1.99. The molecule has 0 saturated carbocycles. The van der Waals surface area contributed by atoms with E-state index in [9.17, 15) is 23.5 Å². The van der Waals surface area contributed by atoms with E-state index in [0.29, 0.717) is 5.75 Å². The average molecular weight is 566 g/mol. The zero-order valence-electron chi connectivity index (χ0n) is 22.1. The van der Waals surface area contributed by atoms with Crippen LogP contribution in [0.2, 0.25) is 0 Å². The molecule has 0 aliphatic rings. The van der Waals surface area contributed by atoms with Gasteiger partial charge in [-0.3, -0.25) is 4.79 Å². The minimum Gasteiger partial charge on any atom is -0.497 e. The van der Waals surface area contributed by atoms with Crippen LogP contribution in [-0.4, -0.2) is 54.4 Å². The molecule has 0 radical (unpaired) electrons. The molecule has 1 aromatic heterocycles. The summed E-state index contributed by atoms with van der Waals surface area (Å²) < 4.78 is 49.4. The number of aromatic nitrogens is 2. The van der Waals surface area contributed by atoms with Crippen LogP contribution in [0.25, 0.3) is 0 Å². The van der Waals surface area contributed by atoms with Crippen molar-refractivity contribution in [3.63, 3.8) is 0 Å². The normalized spacial score (nSPS) is 11.7. The number of hydrogen-bond acceptors (Lipinski definition) is 8. The van der Waals surface area contributed by atoms with E-state index in [-0.39, 0.29) is 28.5 Å². The highest BCUT2D eigenvalue weighted by molar-refractivity contribution is 5.96. The SMILES string of the molecule is COc1ccc(C(=O)NC(c2ccc(F)cc2)(c2ccc(F)cc2)C(Oc2nc(OC)cc(OC)n2)C(=O)O)cc1. The summed E-state index contributed by atoms with van der Waals surface area (Å²) in [6, 6.07) is 16.5. The van der Waals surface area contributed by atoms with Gasteiger partial charge in [-0.15, -0.1) is 0 Å². The summed E-state index contributed by atoms with van der Waals surface area (Å²) >= 11 is 0. The fourth-order valence-corrected chi connectivity index (χ4v) is 4.17. The highest BCUT2D eigenvalue weighted by atomic mass is 19.1. The fraction of sp³-hybridized carbons (Fsp3) is 0.172. The number of carbonyl (C=O) groups is 2. The number of nitrogens with one attached hydrogen (secondary N) is 1. The second kappa shape index (κ2) is 12.3. The number of aliphatic carboxylic acids is 1. The average Bonchev–Trinajstić information content (AvgIpc) is 2.99. The molecule has 10 nitrogen and oxygen atoms in total. The van der Waals surface area contributed by atoms with E-state index in [1.54, 1.807) is 12.1 Å². The maximum Gasteiger partial charge on any atom is 0.348 e. The molecule has 2 N–H and O–H groups in total. The van der Waals surface area contributed by atoms with Crippen molar-refractivity contribution in [2.45, 2.75) is 11.6 Å². The van der Waals surface area contributed by atoms with Gasteiger partial charge in [0.1, 0.15) is 22.9 Å². The standard InChI is InChI=1S/C29H25F2N3O7/c1-38-22-14-4-17(5-15-22)26(35)34-29(18-6-10-20(30)11-7-18,19-8-12-21(31)13-9-19)25(27(36)37)41-28-32-23(39-2)16-24(33-28)40-3/h4-16,25H,1-3H3,(H,34,35)(H,36,37). The van der Waals surface area contributed by atoms with Crippen molar-refractivity contribution >= 4 is 11.9 Å². The van der Waals surface area contributed by atoms with E-state index in [1.807, 2.05) is 0 Å². The number of ether oxygens (including phenoxy) is 4. The van der Waals surface area contributed by atoms with Crippen molar-refractivity contribution < 1.29 is 42.4 Å². The molecule has 0 aliphatic carbocycles. The van der Waals surface area contributed by atoms with Crippen LogP contribution in [0.3, 0.4) is 0 Å². The third-order valence-corrected chi connectivity index (χ3v) is 6.18. The molecule has 4 aromatic rings. The maximum atomic E-state index is 14.1. The Bertz CT molecular complexity index is 1450. The summed E-state index contributed by atoms with van der Waals surface area (Å²) in [4.78, 5) is 34.8. The molecule has 212 valence electrons. The van der Waals surface area contributed by atoms with Gasteiger partial charge in [-0.25, -0.2) is 13.6 Å². The minimum atomic E-state index is -2.08. The van der Waals surface area contributed by atoms with E-state index in [1.165, 1.54) is 63.8 Å². The number of hydrogen-bond donors (Lipinski definition) is 2. The third kappa shape index (κ3) is 6.16. The van der Waals surface area contributed by atoms with Crippen LogP contribution >= 0.6 is 0 Å². The van der Waals surface area contributed by atoms with Crippen LogP contribution in [0.15, 0.2) is 78.9 Å². The summed E-state index contributed by atoms with van der Waals surface area (Å²) in [6.45, 7) is 0. The molecule has 3 aromatic carbocycles. The quantitative estimate of drug-likeness (QED) is 0.277. The lowest BCUT2D eigenvalue weighted by Crippen LogP contribution is -2.60. The number of amides is 1. The zero-order valence-corrected chi connectivity index (χ0v) is 22.1. The number of benzene rings is 3. The first kappa shape index (κ1) is 28.7. The Kier molecular flexibility index (Phi) is 8.61. The maximum absolute atomic E-state index is 14.1. The Morgan fingerprint density at radius 3 is 1.68 bits per heavy atom. The smallest absolute Gasteiger partial charge is 0.348 e. The van der Waals surface area contributed by atoms with Crippen LogP contribution in [0.5, 0.6) is 23.5 Å². The Balaban J connectivity index is 1.96. The number of carboxylic acid groups (broad SMARTS) is 1. The Labute approximate surface area is 233 Å². The summed E-state index contributed by atoms with van der Waals surface area (Å²) in [5.74, 6) is -3.01. The highest BCUT2D eigenvalue weighted by Gasteiger charge is 2.50. The predicted octanol–water partition coefficient (Wildman–Crippen LogP) is 3.99. The molecular formula is C29H25F2N3O7. The molecule has 0 fully saturated rings. The fourth-order valence-electron chi connectivity index (χ4n) is 4.17. The molecule has 0 spiro atoms.